The minimum Gasteiger partial charge on any atom is -0.440 e. The first kappa shape index (κ1) is 16.6. The van der Waals surface area contributed by atoms with Gasteiger partial charge in [-0.3, -0.25) is 9.00 Å². The quantitative estimate of drug-likeness (QED) is 0.706. The molecule has 3 aromatic rings. The Morgan fingerprint density at radius 2 is 2.04 bits per heavy atom. The van der Waals surface area contributed by atoms with Gasteiger partial charge in [0.2, 0.25) is 5.89 Å². The van der Waals surface area contributed by atoms with E-state index in [9.17, 15) is 9.00 Å². The van der Waals surface area contributed by atoms with Crippen molar-refractivity contribution in [2.75, 3.05) is 6.26 Å². The summed E-state index contributed by atoms with van der Waals surface area (Å²) in [6.45, 7) is 2.03. The molecule has 1 aromatic heterocycles. The van der Waals surface area contributed by atoms with Gasteiger partial charge in [0, 0.05) is 16.7 Å². The summed E-state index contributed by atoms with van der Waals surface area (Å²) in [5.74, 6) is 4.24. The highest BCUT2D eigenvalue weighted by atomic mass is 32.2. The topological polar surface area (TPSA) is 72.2 Å². The number of oxazole rings is 1. The third-order valence-corrected chi connectivity index (χ3v) is 7.02. The molecule has 5 rings (SSSR count). The van der Waals surface area contributed by atoms with Crippen LogP contribution in [0.25, 0.3) is 11.1 Å². The van der Waals surface area contributed by atoms with Crippen molar-refractivity contribution in [1.29, 1.82) is 0 Å². The lowest BCUT2D eigenvalue weighted by Gasteiger charge is -2.09. The Labute approximate surface area is 157 Å². The van der Waals surface area contributed by atoms with Crippen molar-refractivity contribution < 1.29 is 13.4 Å². The lowest BCUT2D eigenvalue weighted by molar-refractivity contribution is 0.0942. The molecule has 0 saturated heterocycles. The molecule has 2 aromatic carbocycles. The first-order valence-electron chi connectivity index (χ1n) is 8.85. The minimum absolute atomic E-state index is 0.160. The van der Waals surface area contributed by atoms with Crippen molar-refractivity contribution in [3.8, 4) is 0 Å². The van der Waals surface area contributed by atoms with Crippen molar-refractivity contribution >= 4 is 32.4 Å². The molecule has 2 saturated carbocycles. The standard InChI is InChI=1S/C21H20N2O3S/c1-13-7-8-17-16(9-13)22-19(26-17)20-11-21(20,12-20)23-18(24)14-5-4-6-15(10-14)27(2,3)25/h4-10H,2,11-12H2,1,3H3,(H,23,24). The lowest BCUT2D eigenvalue weighted by atomic mass is 10.2. The van der Waals surface area contributed by atoms with E-state index in [1.165, 1.54) is 0 Å². The third kappa shape index (κ3) is 2.43. The summed E-state index contributed by atoms with van der Waals surface area (Å²) in [7, 11) is -2.35. The van der Waals surface area contributed by atoms with Crippen LogP contribution in [0.5, 0.6) is 0 Å². The van der Waals surface area contributed by atoms with Crippen LogP contribution in [0.4, 0.5) is 0 Å². The number of aryl methyl sites for hydroxylation is 1. The Balaban J connectivity index is 1.38. The molecule has 5 nitrogen and oxygen atoms in total. The number of nitrogens with one attached hydrogen (secondary N) is 1. The second-order valence-electron chi connectivity index (χ2n) is 7.99. The number of carbonyl (C=O) groups excluding carboxylic acids is 1. The Morgan fingerprint density at radius 3 is 2.78 bits per heavy atom. The Kier molecular flexibility index (Phi) is 3.07. The van der Waals surface area contributed by atoms with E-state index in [2.05, 4.69) is 16.2 Å². The zero-order chi connectivity index (χ0) is 19.0. The zero-order valence-electron chi connectivity index (χ0n) is 15.2. The zero-order valence-corrected chi connectivity index (χ0v) is 16.1. The first-order valence-corrected chi connectivity index (χ1v) is 11.0. The highest BCUT2D eigenvalue weighted by Gasteiger charge is 2.87. The largest absolute Gasteiger partial charge is 0.440 e. The molecule has 2 aliphatic carbocycles. The van der Waals surface area contributed by atoms with E-state index in [4.69, 9.17) is 4.42 Å². The van der Waals surface area contributed by atoms with Gasteiger partial charge in [-0.05, 0) is 71.1 Å². The fraction of sp³-hybridized carbons (Fsp3) is 0.286. The molecule has 6 heteroatoms. The van der Waals surface area contributed by atoms with E-state index in [0.717, 1.165) is 29.5 Å². The summed E-state index contributed by atoms with van der Waals surface area (Å²) in [4.78, 5) is 18.0. The van der Waals surface area contributed by atoms with Crippen LogP contribution < -0.4 is 5.32 Å². The van der Waals surface area contributed by atoms with E-state index in [1.54, 1.807) is 30.5 Å². The highest BCUT2D eigenvalue weighted by Crippen LogP contribution is 2.78. The van der Waals surface area contributed by atoms with Gasteiger partial charge in [-0.2, -0.15) is 0 Å². The maximum absolute atomic E-state index is 12.7. The van der Waals surface area contributed by atoms with Crippen LogP contribution in [0.15, 0.2) is 51.8 Å². The van der Waals surface area contributed by atoms with Crippen LogP contribution >= 0.6 is 0 Å². The van der Waals surface area contributed by atoms with Gasteiger partial charge in [0.1, 0.15) is 5.52 Å². The second kappa shape index (κ2) is 5.01. The average Bonchev–Trinajstić information content (AvgIpc) is 3.34. The molecule has 0 radical (unpaired) electrons. The van der Waals surface area contributed by atoms with Crippen LogP contribution in [0.2, 0.25) is 0 Å². The predicted octanol–water partition coefficient (Wildman–Crippen LogP) is 3.06. The summed E-state index contributed by atoms with van der Waals surface area (Å²) < 4.78 is 18.1. The molecule has 0 bridgehead atoms. The Morgan fingerprint density at radius 1 is 1.26 bits per heavy atom. The Bertz CT molecular complexity index is 1220. The molecule has 1 unspecified atom stereocenters. The van der Waals surface area contributed by atoms with Gasteiger partial charge in [0.15, 0.2) is 5.58 Å². The number of fused-ring (bicyclic) bond motifs is 2. The summed E-state index contributed by atoms with van der Waals surface area (Å²) in [6.07, 6.45) is 3.26. The Hall–Kier alpha value is -2.60. The number of benzene rings is 2. The van der Waals surface area contributed by atoms with E-state index < -0.39 is 9.52 Å². The van der Waals surface area contributed by atoms with Crippen molar-refractivity contribution in [2.24, 2.45) is 0 Å². The van der Waals surface area contributed by atoms with Crippen molar-refractivity contribution in [3.05, 3.63) is 59.5 Å². The molecule has 2 fully saturated rings. The molecule has 1 N–H and O–H groups in total. The molecule has 1 heterocycles. The second-order valence-corrected chi connectivity index (χ2v) is 10.5. The number of hydrogen-bond acceptors (Lipinski definition) is 4. The smallest absolute Gasteiger partial charge is 0.251 e. The van der Waals surface area contributed by atoms with Gasteiger partial charge in [0.25, 0.3) is 5.91 Å². The van der Waals surface area contributed by atoms with Crippen molar-refractivity contribution in [2.45, 2.75) is 35.6 Å². The van der Waals surface area contributed by atoms with Crippen LogP contribution in [-0.4, -0.2) is 32.8 Å². The van der Waals surface area contributed by atoms with E-state index in [0.29, 0.717) is 16.3 Å². The van der Waals surface area contributed by atoms with Crippen LogP contribution in [0.3, 0.4) is 0 Å². The molecule has 0 spiro atoms. The molecule has 27 heavy (non-hydrogen) atoms. The van der Waals surface area contributed by atoms with Gasteiger partial charge >= 0.3 is 0 Å². The van der Waals surface area contributed by atoms with E-state index >= 15 is 0 Å². The van der Waals surface area contributed by atoms with Crippen molar-refractivity contribution in [1.82, 2.24) is 10.3 Å². The van der Waals surface area contributed by atoms with Crippen LogP contribution in [0.1, 0.15) is 34.7 Å². The average molecular weight is 380 g/mol. The third-order valence-electron chi connectivity index (χ3n) is 5.77. The fourth-order valence-electron chi connectivity index (χ4n) is 3.89. The molecule has 1 atom stereocenters. The minimum atomic E-state index is -2.35. The molecular formula is C21H20N2O3S. The van der Waals surface area contributed by atoms with Gasteiger partial charge in [-0.25, -0.2) is 4.98 Å². The number of aromatic nitrogens is 1. The maximum Gasteiger partial charge on any atom is 0.251 e. The molecular weight excluding hydrogens is 360 g/mol. The molecule has 138 valence electrons. The number of amides is 1. The summed E-state index contributed by atoms with van der Waals surface area (Å²) in [5, 5.41) is 3.14. The van der Waals surface area contributed by atoms with Crippen LogP contribution in [0, 0.1) is 6.92 Å². The maximum atomic E-state index is 12.7. The van der Waals surface area contributed by atoms with E-state index in [-0.39, 0.29) is 16.9 Å². The summed E-state index contributed by atoms with van der Waals surface area (Å²) in [6, 6.07) is 12.8. The number of carbonyl (C=O) groups is 1. The van der Waals surface area contributed by atoms with Crippen LogP contribution in [-0.2, 0) is 14.9 Å². The monoisotopic (exact) mass is 380 g/mol. The van der Waals surface area contributed by atoms with Crippen molar-refractivity contribution in [3.63, 3.8) is 0 Å². The predicted molar refractivity (Wildman–Crippen MR) is 106 cm³/mol. The summed E-state index contributed by atoms with van der Waals surface area (Å²) >= 11 is 0. The number of rotatable bonds is 4. The van der Waals surface area contributed by atoms with Gasteiger partial charge in [0.05, 0.1) is 11.0 Å². The van der Waals surface area contributed by atoms with E-state index in [1.807, 2.05) is 25.1 Å². The lowest BCUT2D eigenvalue weighted by Crippen LogP contribution is -2.31. The normalized spacial score (nSPS) is 27.6. The fourth-order valence-corrected chi connectivity index (χ4v) is 4.63. The first-order chi connectivity index (χ1) is 12.7. The summed E-state index contributed by atoms with van der Waals surface area (Å²) in [5.41, 5.74) is 2.86. The van der Waals surface area contributed by atoms with Gasteiger partial charge in [-0.15, -0.1) is 0 Å². The number of hydrogen-bond donors (Lipinski definition) is 1. The van der Waals surface area contributed by atoms with Gasteiger partial charge in [-0.1, -0.05) is 12.1 Å². The van der Waals surface area contributed by atoms with Gasteiger partial charge < -0.3 is 9.73 Å². The molecule has 1 amide bonds. The highest BCUT2D eigenvalue weighted by molar-refractivity contribution is 7.99. The SMILES string of the molecule is C=S(C)(=O)c1cccc(C(=O)NC23CC2(c2nc4cc(C)ccc4o2)C3)c1. The molecule has 2 aliphatic rings. The number of nitrogens with zero attached hydrogens (tertiary/aromatic N) is 1. The molecule has 0 aliphatic heterocycles.